The molecule has 0 saturated heterocycles. The summed E-state index contributed by atoms with van der Waals surface area (Å²) in [7, 11) is 0. The third kappa shape index (κ3) is 3.18. The second kappa shape index (κ2) is 7.59. The molecule has 1 aliphatic rings. The van der Waals surface area contributed by atoms with Crippen LogP contribution < -0.4 is 9.64 Å². The molecule has 26 heavy (non-hydrogen) atoms. The molecule has 0 radical (unpaired) electrons. The van der Waals surface area contributed by atoms with Crippen molar-refractivity contribution in [1.82, 2.24) is 0 Å². The Balaban J connectivity index is 2.05. The van der Waals surface area contributed by atoms with E-state index in [4.69, 9.17) is 4.74 Å². The van der Waals surface area contributed by atoms with Crippen LogP contribution in [0.1, 0.15) is 25.0 Å². The Hall–Kier alpha value is -3.50. The van der Waals surface area contributed by atoms with Crippen LogP contribution in [-0.4, -0.2) is 13.1 Å². The number of nitrogens with zero attached hydrogens (tertiary/aromatic N) is 3. The highest BCUT2D eigenvalue weighted by Crippen LogP contribution is 2.38. The van der Waals surface area contributed by atoms with Crippen LogP contribution in [0.15, 0.2) is 60.2 Å². The smallest absolute Gasteiger partial charge is 0.137 e. The van der Waals surface area contributed by atoms with Gasteiger partial charge < -0.3 is 9.64 Å². The summed E-state index contributed by atoms with van der Waals surface area (Å²) in [6.07, 6.45) is 1.77. The Morgan fingerprint density at radius 1 is 0.962 bits per heavy atom. The van der Waals surface area contributed by atoms with Crippen molar-refractivity contribution in [2.24, 2.45) is 0 Å². The minimum Gasteiger partial charge on any atom is -0.456 e. The number of fused-ring (bicyclic) bond motifs is 1. The molecule has 0 spiro atoms. The van der Waals surface area contributed by atoms with Gasteiger partial charge in [-0.1, -0.05) is 18.2 Å². The molecule has 128 valence electrons. The summed E-state index contributed by atoms with van der Waals surface area (Å²) in [6.45, 7) is 6.15. The molecule has 0 fully saturated rings. The average molecular weight is 341 g/mol. The van der Waals surface area contributed by atoms with Gasteiger partial charge in [0.25, 0.3) is 0 Å². The summed E-state index contributed by atoms with van der Waals surface area (Å²) in [6, 6.07) is 19.5. The molecule has 0 saturated carbocycles. The highest BCUT2D eigenvalue weighted by Gasteiger charge is 2.20. The first-order chi connectivity index (χ1) is 12.7. The zero-order valence-electron chi connectivity index (χ0n) is 14.9. The van der Waals surface area contributed by atoms with Gasteiger partial charge in [0.15, 0.2) is 0 Å². The fourth-order valence-corrected chi connectivity index (χ4v) is 3.05. The number of hydrogen-bond donors (Lipinski definition) is 0. The standard InChI is InChI=1S/C22H19N3O/c1-3-25(4-2)18-11-9-16(10-12-18)22-13-20(17(14-23)15-24)19-7-5-6-8-21(19)26-22/h5-13H,3-4H2,1-2H3. The Bertz CT molecular complexity index is 936. The van der Waals surface area contributed by atoms with Gasteiger partial charge in [-0.25, -0.2) is 0 Å². The van der Waals surface area contributed by atoms with Crippen molar-refractivity contribution in [3.05, 3.63) is 71.3 Å². The summed E-state index contributed by atoms with van der Waals surface area (Å²) >= 11 is 0. The minimum atomic E-state index is 0.0815. The number of allylic oxidation sites excluding steroid dienone is 3. The zero-order chi connectivity index (χ0) is 18.5. The second-order valence-corrected chi connectivity index (χ2v) is 5.84. The molecule has 2 aromatic rings. The molecule has 0 unspecified atom stereocenters. The van der Waals surface area contributed by atoms with Crippen LogP contribution in [0, 0.1) is 22.7 Å². The molecule has 0 atom stereocenters. The number of para-hydroxylation sites is 1. The third-order valence-electron chi connectivity index (χ3n) is 4.45. The zero-order valence-corrected chi connectivity index (χ0v) is 14.9. The highest BCUT2D eigenvalue weighted by atomic mass is 16.5. The molecule has 1 aliphatic heterocycles. The number of hydrogen-bond acceptors (Lipinski definition) is 4. The van der Waals surface area contributed by atoms with Crippen LogP contribution in [0.2, 0.25) is 0 Å². The minimum absolute atomic E-state index is 0.0815. The van der Waals surface area contributed by atoms with Crippen LogP contribution in [0.3, 0.4) is 0 Å². The highest BCUT2D eigenvalue weighted by molar-refractivity contribution is 5.92. The predicted molar refractivity (Wildman–Crippen MR) is 103 cm³/mol. The van der Waals surface area contributed by atoms with E-state index in [9.17, 15) is 10.5 Å². The van der Waals surface area contributed by atoms with Crippen molar-refractivity contribution in [1.29, 1.82) is 10.5 Å². The number of ether oxygens (including phenoxy) is 1. The summed E-state index contributed by atoms with van der Waals surface area (Å²) in [5.74, 6) is 1.28. The molecule has 2 aromatic carbocycles. The van der Waals surface area contributed by atoms with E-state index in [1.165, 1.54) is 0 Å². The van der Waals surface area contributed by atoms with Gasteiger partial charge in [-0.3, -0.25) is 0 Å². The van der Waals surface area contributed by atoms with Gasteiger partial charge in [0.2, 0.25) is 0 Å². The number of benzene rings is 2. The lowest BCUT2D eigenvalue weighted by Gasteiger charge is -2.23. The average Bonchev–Trinajstić information content (AvgIpc) is 2.70. The van der Waals surface area contributed by atoms with E-state index in [-0.39, 0.29) is 5.57 Å². The molecule has 4 nitrogen and oxygen atoms in total. The largest absolute Gasteiger partial charge is 0.456 e. The molecular formula is C22H19N3O. The Labute approximate surface area is 153 Å². The molecule has 0 aromatic heterocycles. The Morgan fingerprint density at radius 2 is 1.62 bits per heavy atom. The lowest BCUT2D eigenvalue weighted by atomic mass is 9.96. The molecule has 1 heterocycles. The summed E-state index contributed by atoms with van der Waals surface area (Å²) in [5, 5.41) is 18.6. The fraction of sp³-hybridized carbons (Fsp3) is 0.182. The van der Waals surface area contributed by atoms with Crippen LogP contribution in [0.4, 0.5) is 5.69 Å². The lowest BCUT2D eigenvalue weighted by molar-refractivity contribution is 0.509. The van der Waals surface area contributed by atoms with Gasteiger partial charge in [-0.2, -0.15) is 10.5 Å². The first-order valence-corrected chi connectivity index (χ1v) is 8.60. The number of anilines is 1. The molecule has 0 amide bonds. The maximum absolute atomic E-state index is 9.31. The maximum atomic E-state index is 9.31. The van der Waals surface area contributed by atoms with Gasteiger partial charge in [-0.15, -0.1) is 0 Å². The monoisotopic (exact) mass is 341 g/mol. The van der Waals surface area contributed by atoms with E-state index >= 15 is 0 Å². The van der Waals surface area contributed by atoms with Gasteiger partial charge in [0.1, 0.15) is 29.2 Å². The van der Waals surface area contributed by atoms with Gasteiger partial charge in [0.05, 0.1) is 0 Å². The van der Waals surface area contributed by atoms with Crippen molar-refractivity contribution in [2.45, 2.75) is 13.8 Å². The number of rotatable bonds is 4. The van der Waals surface area contributed by atoms with Crippen molar-refractivity contribution >= 4 is 17.0 Å². The van der Waals surface area contributed by atoms with Crippen LogP contribution >= 0.6 is 0 Å². The lowest BCUT2D eigenvalue weighted by Crippen LogP contribution is -2.21. The second-order valence-electron chi connectivity index (χ2n) is 5.84. The topological polar surface area (TPSA) is 60.0 Å². The van der Waals surface area contributed by atoms with Crippen LogP contribution in [0.25, 0.3) is 11.3 Å². The first kappa shape index (κ1) is 17.3. The third-order valence-corrected chi connectivity index (χ3v) is 4.45. The van der Waals surface area contributed by atoms with E-state index < -0.39 is 0 Å². The van der Waals surface area contributed by atoms with Crippen molar-refractivity contribution < 1.29 is 4.74 Å². The van der Waals surface area contributed by atoms with Gasteiger partial charge in [-0.05, 0) is 50.3 Å². The molecule has 0 N–H and O–H groups in total. The van der Waals surface area contributed by atoms with Crippen LogP contribution in [-0.2, 0) is 0 Å². The van der Waals surface area contributed by atoms with Gasteiger partial charge >= 0.3 is 0 Å². The molecular weight excluding hydrogens is 322 g/mol. The Morgan fingerprint density at radius 3 is 2.23 bits per heavy atom. The predicted octanol–water partition coefficient (Wildman–Crippen LogP) is 4.77. The van der Waals surface area contributed by atoms with E-state index in [0.717, 1.165) is 29.9 Å². The molecule has 4 heteroatoms. The molecule has 3 rings (SSSR count). The van der Waals surface area contributed by atoms with E-state index in [1.54, 1.807) is 6.08 Å². The SMILES string of the molecule is CCN(CC)c1ccc(C2=CC(=C(C#N)C#N)c3ccccc3O2)cc1. The van der Waals surface area contributed by atoms with Crippen LogP contribution in [0.5, 0.6) is 5.75 Å². The first-order valence-electron chi connectivity index (χ1n) is 8.60. The van der Waals surface area contributed by atoms with Gasteiger partial charge in [0, 0.05) is 35.5 Å². The van der Waals surface area contributed by atoms with Crippen molar-refractivity contribution in [2.75, 3.05) is 18.0 Å². The fourth-order valence-electron chi connectivity index (χ4n) is 3.05. The van der Waals surface area contributed by atoms with E-state index in [2.05, 4.69) is 30.9 Å². The quantitative estimate of drug-likeness (QED) is 0.752. The normalized spacial score (nSPS) is 12.2. The number of nitriles is 2. The Kier molecular flexibility index (Phi) is 5.06. The van der Waals surface area contributed by atoms with E-state index in [0.29, 0.717) is 17.1 Å². The van der Waals surface area contributed by atoms with Crippen molar-refractivity contribution in [3.8, 4) is 17.9 Å². The van der Waals surface area contributed by atoms with Crippen molar-refractivity contribution in [3.63, 3.8) is 0 Å². The summed E-state index contributed by atoms with van der Waals surface area (Å²) in [4.78, 5) is 2.27. The summed E-state index contributed by atoms with van der Waals surface area (Å²) < 4.78 is 6.03. The maximum Gasteiger partial charge on any atom is 0.137 e. The molecule has 0 aliphatic carbocycles. The summed E-state index contributed by atoms with van der Waals surface area (Å²) in [5.41, 5.74) is 3.50. The van der Waals surface area contributed by atoms with E-state index in [1.807, 2.05) is 48.5 Å². The molecule has 0 bridgehead atoms.